The smallest absolute Gasteiger partial charge is 0.273 e. The van der Waals surface area contributed by atoms with Crippen LogP contribution in [0.1, 0.15) is 43.4 Å². The molecule has 3 aromatic rings. The molecular formula is C24H28N6O3S. The Labute approximate surface area is 201 Å². The maximum Gasteiger partial charge on any atom is 0.273 e. The number of nitrogens with zero attached hydrogens (tertiary/aromatic N) is 4. The number of thiazole rings is 1. The van der Waals surface area contributed by atoms with E-state index in [2.05, 4.69) is 31.6 Å². The molecule has 3 heterocycles. The van der Waals surface area contributed by atoms with Crippen LogP contribution >= 0.6 is 11.3 Å². The lowest BCUT2D eigenvalue weighted by atomic mass is 9.97. The third-order valence-corrected chi connectivity index (χ3v) is 7.66. The molecule has 2 atom stereocenters. The largest absolute Gasteiger partial charge is 0.356 e. The van der Waals surface area contributed by atoms with E-state index >= 15 is 0 Å². The van der Waals surface area contributed by atoms with Crippen molar-refractivity contribution < 1.29 is 9.59 Å². The third kappa shape index (κ3) is 4.42. The number of carbonyl (C=O) groups excluding carboxylic acids is 2. The topological polar surface area (TPSA) is 109 Å². The molecule has 2 N–H and O–H groups in total. The Balaban J connectivity index is 1.30. The zero-order valence-corrected chi connectivity index (χ0v) is 19.9. The number of nitrogens with one attached hydrogen (secondary N) is 2. The molecule has 1 fully saturated rings. The number of aromatic nitrogens is 3. The number of hydrogen-bond acceptors (Lipinski definition) is 7. The molecule has 1 saturated heterocycles. The maximum atomic E-state index is 13.1. The Hall–Kier alpha value is -3.27. The van der Waals surface area contributed by atoms with Gasteiger partial charge in [-0.25, -0.2) is 4.98 Å². The molecule has 9 nitrogen and oxygen atoms in total. The molecule has 0 radical (unpaired) electrons. The third-order valence-electron chi connectivity index (χ3n) is 6.57. The first-order valence-electron chi connectivity index (χ1n) is 11.8. The zero-order valence-electron chi connectivity index (χ0n) is 19.1. The first-order chi connectivity index (χ1) is 16.5. The van der Waals surface area contributed by atoms with Crippen molar-refractivity contribution in [3.8, 4) is 0 Å². The van der Waals surface area contributed by atoms with Gasteiger partial charge in [0.2, 0.25) is 11.8 Å². The van der Waals surface area contributed by atoms with E-state index in [0.29, 0.717) is 28.6 Å². The van der Waals surface area contributed by atoms with Gasteiger partial charge in [-0.05, 0) is 43.7 Å². The molecule has 34 heavy (non-hydrogen) atoms. The van der Waals surface area contributed by atoms with Gasteiger partial charge in [0.25, 0.3) is 5.56 Å². The van der Waals surface area contributed by atoms with Crippen molar-refractivity contribution in [1.82, 2.24) is 25.2 Å². The number of rotatable bonds is 6. The van der Waals surface area contributed by atoms with Crippen molar-refractivity contribution in [2.45, 2.75) is 45.2 Å². The van der Waals surface area contributed by atoms with Crippen molar-refractivity contribution in [2.75, 3.05) is 24.5 Å². The van der Waals surface area contributed by atoms with E-state index in [0.717, 1.165) is 37.8 Å². The molecule has 0 spiro atoms. The van der Waals surface area contributed by atoms with Crippen LogP contribution in [0.3, 0.4) is 0 Å². The van der Waals surface area contributed by atoms with Crippen LogP contribution in [0.4, 0.5) is 5.13 Å². The van der Waals surface area contributed by atoms with E-state index in [1.54, 1.807) is 0 Å². The van der Waals surface area contributed by atoms with Crippen molar-refractivity contribution in [3.63, 3.8) is 0 Å². The van der Waals surface area contributed by atoms with E-state index in [9.17, 15) is 14.4 Å². The van der Waals surface area contributed by atoms with Gasteiger partial charge in [0.15, 0.2) is 10.8 Å². The molecule has 2 aromatic heterocycles. The minimum Gasteiger partial charge on any atom is -0.356 e. The fraction of sp³-hybridized carbons (Fsp3) is 0.458. The molecular weight excluding hydrogens is 452 g/mol. The Bertz CT molecular complexity index is 1290. The second-order valence-electron chi connectivity index (χ2n) is 8.86. The second kappa shape index (κ2) is 9.54. The van der Waals surface area contributed by atoms with Gasteiger partial charge in [-0.3, -0.25) is 19.0 Å². The van der Waals surface area contributed by atoms with Crippen molar-refractivity contribution in [3.05, 3.63) is 52.1 Å². The molecule has 2 aliphatic rings. The van der Waals surface area contributed by atoms with Crippen LogP contribution in [0.2, 0.25) is 0 Å². The SMILES string of the molecule is CCNC(=O)[C@H]1CCCN(c2nc3ncn(CC(=O)N[C@H]4CCc5ccccc54)c(=O)c3s2)C1. The highest BCUT2D eigenvalue weighted by Gasteiger charge is 2.28. The van der Waals surface area contributed by atoms with Crippen LogP contribution in [0, 0.1) is 5.92 Å². The quantitative estimate of drug-likeness (QED) is 0.559. The summed E-state index contributed by atoms with van der Waals surface area (Å²) in [6.07, 6.45) is 4.93. The highest BCUT2D eigenvalue weighted by atomic mass is 32.1. The summed E-state index contributed by atoms with van der Waals surface area (Å²) in [4.78, 5) is 49.0. The number of carbonyl (C=O) groups is 2. The highest BCUT2D eigenvalue weighted by Crippen LogP contribution is 2.31. The van der Waals surface area contributed by atoms with E-state index in [4.69, 9.17) is 0 Å². The number of piperidine rings is 1. The summed E-state index contributed by atoms with van der Waals surface area (Å²) < 4.78 is 1.77. The molecule has 178 valence electrons. The number of aryl methyl sites for hydroxylation is 1. The van der Waals surface area contributed by atoms with E-state index in [-0.39, 0.29) is 35.9 Å². The van der Waals surface area contributed by atoms with Gasteiger partial charge in [0, 0.05) is 19.6 Å². The summed E-state index contributed by atoms with van der Waals surface area (Å²) >= 11 is 1.28. The normalized spacial score (nSPS) is 19.7. The van der Waals surface area contributed by atoms with Gasteiger partial charge < -0.3 is 15.5 Å². The summed E-state index contributed by atoms with van der Waals surface area (Å²) in [6, 6.07) is 8.10. The first-order valence-corrected chi connectivity index (χ1v) is 12.6. The number of benzene rings is 1. The Kier molecular flexibility index (Phi) is 6.32. The maximum absolute atomic E-state index is 13.1. The minimum atomic E-state index is -0.270. The van der Waals surface area contributed by atoms with Crippen LogP contribution in [-0.2, 0) is 22.6 Å². The predicted molar refractivity (Wildman–Crippen MR) is 131 cm³/mol. The number of fused-ring (bicyclic) bond motifs is 2. The van der Waals surface area contributed by atoms with Gasteiger partial charge in [-0.1, -0.05) is 35.6 Å². The lowest BCUT2D eigenvalue weighted by Crippen LogP contribution is -2.43. The van der Waals surface area contributed by atoms with Crippen LogP contribution < -0.4 is 21.1 Å². The lowest BCUT2D eigenvalue weighted by molar-refractivity contribution is -0.125. The van der Waals surface area contributed by atoms with E-state index < -0.39 is 0 Å². The van der Waals surface area contributed by atoms with Crippen molar-refractivity contribution >= 4 is 38.6 Å². The van der Waals surface area contributed by atoms with E-state index in [1.165, 1.54) is 27.8 Å². The van der Waals surface area contributed by atoms with Gasteiger partial charge in [0.1, 0.15) is 17.6 Å². The number of anilines is 1. The van der Waals surface area contributed by atoms with Gasteiger partial charge in [0.05, 0.1) is 12.0 Å². The molecule has 1 aliphatic heterocycles. The van der Waals surface area contributed by atoms with Crippen LogP contribution in [0.15, 0.2) is 35.4 Å². The fourth-order valence-electron chi connectivity index (χ4n) is 4.87. The van der Waals surface area contributed by atoms with E-state index in [1.807, 2.05) is 25.1 Å². The number of amides is 2. The minimum absolute atomic E-state index is 0.0249. The van der Waals surface area contributed by atoms with Gasteiger partial charge >= 0.3 is 0 Å². The summed E-state index contributed by atoms with van der Waals surface area (Å²) in [5.74, 6) is -0.241. The first kappa shape index (κ1) is 22.5. The van der Waals surface area contributed by atoms with Crippen LogP contribution in [0.5, 0.6) is 0 Å². The molecule has 0 unspecified atom stereocenters. The van der Waals surface area contributed by atoms with Gasteiger partial charge in [-0.15, -0.1) is 0 Å². The highest BCUT2D eigenvalue weighted by molar-refractivity contribution is 7.22. The van der Waals surface area contributed by atoms with Crippen LogP contribution in [0.25, 0.3) is 10.3 Å². The molecule has 5 rings (SSSR count). The average Bonchev–Trinajstić information content (AvgIpc) is 3.46. The summed E-state index contributed by atoms with van der Waals surface area (Å²) in [6.45, 7) is 3.80. The molecule has 1 aromatic carbocycles. The van der Waals surface area contributed by atoms with Crippen molar-refractivity contribution in [2.24, 2.45) is 5.92 Å². The predicted octanol–water partition coefficient (Wildman–Crippen LogP) is 2.01. The standard InChI is InChI=1S/C24H28N6O3S/c1-2-25-22(32)16-7-5-11-29(12-16)24-28-21-20(34-24)23(33)30(14-26-21)13-19(31)27-18-10-9-15-6-3-4-8-17(15)18/h3-4,6,8,14,16,18H,2,5,7,9-13H2,1H3,(H,25,32)(H,27,31)/t16-,18-/m0/s1. The Morgan fingerprint density at radius 1 is 1.24 bits per heavy atom. The summed E-state index contributed by atoms with van der Waals surface area (Å²) in [5.41, 5.74) is 2.52. The fourth-order valence-corrected chi connectivity index (χ4v) is 5.87. The van der Waals surface area contributed by atoms with Crippen molar-refractivity contribution in [1.29, 1.82) is 0 Å². The molecule has 2 amide bonds. The van der Waals surface area contributed by atoms with Crippen LogP contribution in [-0.4, -0.2) is 46.0 Å². The molecule has 0 bridgehead atoms. The lowest BCUT2D eigenvalue weighted by Gasteiger charge is -2.31. The van der Waals surface area contributed by atoms with Gasteiger partial charge in [-0.2, -0.15) is 4.98 Å². The average molecular weight is 481 g/mol. The molecule has 1 aliphatic carbocycles. The Morgan fingerprint density at radius 2 is 2.09 bits per heavy atom. The molecule has 0 saturated carbocycles. The number of hydrogen-bond donors (Lipinski definition) is 2. The Morgan fingerprint density at radius 3 is 2.94 bits per heavy atom. The summed E-state index contributed by atoms with van der Waals surface area (Å²) in [5, 5.41) is 6.64. The monoisotopic (exact) mass is 480 g/mol. The summed E-state index contributed by atoms with van der Waals surface area (Å²) in [7, 11) is 0. The molecule has 10 heteroatoms. The second-order valence-corrected chi connectivity index (χ2v) is 9.84. The zero-order chi connectivity index (χ0) is 23.7.